The van der Waals surface area contributed by atoms with Crippen LogP contribution in [-0.4, -0.2) is 22.5 Å². The first-order chi connectivity index (χ1) is 7.11. The third kappa shape index (κ3) is 1.89. The molecular weight excluding hydrogens is 214 g/mol. The van der Waals surface area contributed by atoms with Crippen LogP contribution in [0.15, 0.2) is 6.20 Å². The lowest BCUT2D eigenvalue weighted by Crippen LogP contribution is -2.31. The Balaban J connectivity index is 2.23. The van der Waals surface area contributed by atoms with Gasteiger partial charge in [-0.1, -0.05) is 18.5 Å². The van der Waals surface area contributed by atoms with Gasteiger partial charge >= 0.3 is 0 Å². The van der Waals surface area contributed by atoms with Gasteiger partial charge in [0.05, 0.1) is 29.1 Å². The van der Waals surface area contributed by atoms with Crippen LogP contribution >= 0.6 is 11.6 Å². The Morgan fingerprint density at radius 1 is 1.73 bits per heavy atom. The highest BCUT2D eigenvalue weighted by Crippen LogP contribution is 2.32. The van der Waals surface area contributed by atoms with Crippen molar-refractivity contribution in [2.45, 2.75) is 25.5 Å². The maximum Gasteiger partial charge on any atom is 0.0834 e. The van der Waals surface area contributed by atoms with E-state index in [4.69, 9.17) is 22.1 Å². The van der Waals surface area contributed by atoms with Gasteiger partial charge in [-0.05, 0) is 12.3 Å². The first kappa shape index (κ1) is 10.9. The molecule has 1 saturated heterocycles. The van der Waals surface area contributed by atoms with Crippen LogP contribution in [0.1, 0.15) is 25.1 Å². The monoisotopic (exact) mass is 229 g/mol. The summed E-state index contributed by atoms with van der Waals surface area (Å²) in [7, 11) is 1.85. The van der Waals surface area contributed by atoms with Crippen LogP contribution in [0.5, 0.6) is 0 Å². The summed E-state index contributed by atoms with van der Waals surface area (Å²) in [6, 6.07) is -0.192. The lowest BCUT2D eigenvalue weighted by Gasteiger charge is -2.22. The van der Waals surface area contributed by atoms with Crippen molar-refractivity contribution >= 4 is 11.6 Å². The van der Waals surface area contributed by atoms with Crippen molar-refractivity contribution in [2.75, 3.05) is 6.61 Å². The lowest BCUT2D eigenvalue weighted by atomic mass is 9.96. The van der Waals surface area contributed by atoms with Gasteiger partial charge in [-0.15, -0.1) is 0 Å². The highest BCUT2D eigenvalue weighted by atomic mass is 35.5. The summed E-state index contributed by atoms with van der Waals surface area (Å²) in [5, 5.41) is 4.70. The minimum absolute atomic E-state index is 0.0536. The fourth-order valence-corrected chi connectivity index (χ4v) is 2.42. The van der Waals surface area contributed by atoms with Gasteiger partial charge in [-0.25, -0.2) is 0 Å². The zero-order valence-electron chi connectivity index (χ0n) is 8.98. The summed E-state index contributed by atoms with van der Waals surface area (Å²) in [6.07, 6.45) is 2.74. The van der Waals surface area contributed by atoms with Crippen molar-refractivity contribution in [1.82, 2.24) is 9.78 Å². The van der Waals surface area contributed by atoms with Gasteiger partial charge in [0.15, 0.2) is 0 Å². The Kier molecular flexibility index (Phi) is 3.00. The van der Waals surface area contributed by atoms with Crippen LogP contribution in [0.2, 0.25) is 5.02 Å². The number of hydrogen-bond acceptors (Lipinski definition) is 3. The van der Waals surface area contributed by atoms with E-state index >= 15 is 0 Å². The fraction of sp³-hybridized carbons (Fsp3) is 0.700. The second-order valence-electron chi connectivity index (χ2n) is 4.13. The van der Waals surface area contributed by atoms with Crippen LogP contribution in [0, 0.1) is 5.92 Å². The minimum Gasteiger partial charge on any atom is -0.376 e. The van der Waals surface area contributed by atoms with Crippen molar-refractivity contribution in [3.63, 3.8) is 0 Å². The van der Waals surface area contributed by atoms with Crippen LogP contribution in [-0.2, 0) is 11.8 Å². The van der Waals surface area contributed by atoms with E-state index < -0.39 is 0 Å². The van der Waals surface area contributed by atoms with Crippen LogP contribution in [0.3, 0.4) is 0 Å². The molecule has 1 aromatic heterocycles. The normalized spacial score (nSPS) is 28.3. The number of aryl methyl sites for hydroxylation is 1. The van der Waals surface area contributed by atoms with Gasteiger partial charge in [-0.2, -0.15) is 5.10 Å². The Bertz CT molecular complexity index is 333. The average molecular weight is 230 g/mol. The number of rotatable bonds is 2. The molecule has 84 valence electrons. The van der Waals surface area contributed by atoms with Crippen molar-refractivity contribution in [3.8, 4) is 0 Å². The number of nitrogens with zero attached hydrogens (tertiary/aromatic N) is 2. The molecule has 3 unspecified atom stereocenters. The molecule has 0 saturated carbocycles. The van der Waals surface area contributed by atoms with E-state index in [0.717, 1.165) is 18.7 Å². The summed E-state index contributed by atoms with van der Waals surface area (Å²) in [6.45, 7) is 2.94. The van der Waals surface area contributed by atoms with E-state index in [2.05, 4.69) is 12.0 Å². The number of hydrogen-bond donors (Lipinski definition) is 1. The second kappa shape index (κ2) is 4.12. The predicted molar refractivity (Wildman–Crippen MR) is 58.7 cm³/mol. The largest absolute Gasteiger partial charge is 0.376 e. The zero-order chi connectivity index (χ0) is 11.0. The molecule has 0 amide bonds. The smallest absolute Gasteiger partial charge is 0.0834 e. The van der Waals surface area contributed by atoms with Gasteiger partial charge in [0, 0.05) is 13.7 Å². The third-order valence-electron chi connectivity index (χ3n) is 3.05. The molecule has 4 nitrogen and oxygen atoms in total. The molecule has 3 atom stereocenters. The molecule has 0 radical (unpaired) electrons. The molecule has 1 aliphatic rings. The van der Waals surface area contributed by atoms with Crippen molar-refractivity contribution in [2.24, 2.45) is 18.7 Å². The summed E-state index contributed by atoms with van der Waals surface area (Å²) < 4.78 is 7.36. The summed E-state index contributed by atoms with van der Waals surface area (Å²) >= 11 is 6.05. The van der Waals surface area contributed by atoms with Crippen LogP contribution in [0.25, 0.3) is 0 Å². The van der Waals surface area contributed by atoms with E-state index in [1.165, 1.54) is 0 Å². The fourth-order valence-electron chi connectivity index (χ4n) is 2.13. The predicted octanol–water partition coefficient (Wildman–Crippen LogP) is 1.50. The van der Waals surface area contributed by atoms with E-state index in [1.807, 2.05) is 7.05 Å². The lowest BCUT2D eigenvalue weighted by molar-refractivity contribution is 0.0703. The second-order valence-corrected chi connectivity index (χ2v) is 4.54. The number of halogens is 1. The molecule has 0 aromatic carbocycles. The Morgan fingerprint density at radius 2 is 2.47 bits per heavy atom. The van der Waals surface area contributed by atoms with Gasteiger partial charge in [-0.3, -0.25) is 4.68 Å². The van der Waals surface area contributed by atoms with Crippen molar-refractivity contribution in [1.29, 1.82) is 0 Å². The Labute approximate surface area is 94.3 Å². The van der Waals surface area contributed by atoms with E-state index in [1.54, 1.807) is 10.9 Å². The summed E-state index contributed by atoms with van der Waals surface area (Å²) in [4.78, 5) is 0. The Morgan fingerprint density at radius 3 is 2.93 bits per heavy atom. The third-order valence-corrected chi connectivity index (χ3v) is 3.34. The van der Waals surface area contributed by atoms with E-state index in [-0.39, 0.29) is 12.1 Å². The average Bonchev–Trinajstić information content (AvgIpc) is 2.73. The number of aromatic nitrogens is 2. The highest BCUT2D eigenvalue weighted by molar-refractivity contribution is 6.31. The number of nitrogens with two attached hydrogens (primary N) is 1. The molecule has 5 heteroatoms. The first-order valence-corrected chi connectivity index (χ1v) is 5.53. The van der Waals surface area contributed by atoms with Gasteiger partial charge in [0.2, 0.25) is 0 Å². The zero-order valence-corrected chi connectivity index (χ0v) is 9.74. The molecule has 0 bridgehead atoms. The van der Waals surface area contributed by atoms with Gasteiger partial charge in [0.1, 0.15) is 0 Å². The van der Waals surface area contributed by atoms with Crippen molar-refractivity contribution < 1.29 is 4.74 Å². The van der Waals surface area contributed by atoms with Gasteiger partial charge < -0.3 is 10.5 Å². The minimum atomic E-state index is -0.192. The molecule has 0 spiro atoms. The molecule has 1 aliphatic heterocycles. The molecule has 1 fully saturated rings. The molecular formula is C10H16ClN3O. The van der Waals surface area contributed by atoms with Crippen LogP contribution < -0.4 is 5.73 Å². The SMILES string of the molecule is CC1CCOC1C(N)c1c(Cl)cnn1C. The first-order valence-electron chi connectivity index (χ1n) is 5.16. The number of ether oxygens (including phenoxy) is 1. The van der Waals surface area contributed by atoms with Crippen LogP contribution in [0.4, 0.5) is 0 Å². The van der Waals surface area contributed by atoms with Gasteiger partial charge in [0.25, 0.3) is 0 Å². The molecule has 2 heterocycles. The molecule has 0 aliphatic carbocycles. The molecule has 15 heavy (non-hydrogen) atoms. The molecule has 2 N–H and O–H groups in total. The highest BCUT2D eigenvalue weighted by Gasteiger charge is 2.33. The van der Waals surface area contributed by atoms with E-state index in [9.17, 15) is 0 Å². The quantitative estimate of drug-likeness (QED) is 0.836. The van der Waals surface area contributed by atoms with E-state index in [0.29, 0.717) is 10.9 Å². The molecule has 2 rings (SSSR count). The Hall–Kier alpha value is -0.580. The van der Waals surface area contributed by atoms with Crippen molar-refractivity contribution in [3.05, 3.63) is 16.9 Å². The molecule has 1 aromatic rings. The summed E-state index contributed by atoms with van der Waals surface area (Å²) in [5.41, 5.74) is 7.02. The topological polar surface area (TPSA) is 53.1 Å². The maximum atomic E-state index is 6.17. The summed E-state index contributed by atoms with van der Waals surface area (Å²) in [5.74, 6) is 0.478. The maximum absolute atomic E-state index is 6.17. The standard InChI is InChI=1S/C10H16ClN3O/c1-6-3-4-15-10(6)8(12)9-7(11)5-13-14(9)2/h5-6,8,10H,3-4,12H2,1-2H3.